The second-order valence-corrected chi connectivity index (χ2v) is 6.38. The van der Waals surface area contributed by atoms with Crippen molar-refractivity contribution in [1.82, 2.24) is 5.32 Å². The molecule has 2 N–H and O–H groups in total. The number of aliphatic hydroxyl groups excluding tert-OH is 1. The summed E-state index contributed by atoms with van der Waals surface area (Å²) < 4.78 is 0.641. The van der Waals surface area contributed by atoms with Gasteiger partial charge in [0.2, 0.25) is 0 Å². The Hall–Kier alpha value is -0.870. The SMILES string of the molecule is CSC(CO)C(C)NC(=O)c1cc([N+](=O)[O-])ccc1I. The molecule has 0 bridgehead atoms. The summed E-state index contributed by atoms with van der Waals surface area (Å²) in [7, 11) is 0. The van der Waals surface area contributed by atoms with Gasteiger partial charge in [-0.3, -0.25) is 14.9 Å². The van der Waals surface area contributed by atoms with Crippen LogP contribution < -0.4 is 5.32 Å². The van der Waals surface area contributed by atoms with Crippen LogP contribution in [0, 0.1) is 13.7 Å². The van der Waals surface area contributed by atoms with E-state index in [2.05, 4.69) is 5.32 Å². The van der Waals surface area contributed by atoms with Gasteiger partial charge < -0.3 is 10.4 Å². The van der Waals surface area contributed by atoms with Crippen molar-refractivity contribution in [3.8, 4) is 0 Å². The van der Waals surface area contributed by atoms with Crippen LogP contribution in [0.2, 0.25) is 0 Å². The van der Waals surface area contributed by atoms with Crippen molar-refractivity contribution >= 4 is 45.9 Å². The van der Waals surface area contributed by atoms with Crippen LogP contribution >= 0.6 is 34.4 Å². The lowest BCUT2D eigenvalue weighted by atomic mass is 10.1. The van der Waals surface area contributed by atoms with Crippen LogP contribution in [0.3, 0.4) is 0 Å². The molecule has 2 unspecified atom stereocenters. The molecule has 0 aliphatic rings. The lowest BCUT2D eigenvalue weighted by Crippen LogP contribution is -2.41. The Bertz CT molecular complexity index is 508. The number of hydrogen-bond donors (Lipinski definition) is 2. The Kier molecular flexibility index (Phi) is 6.69. The Morgan fingerprint density at radius 3 is 2.75 bits per heavy atom. The van der Waals surface area contributed by atoms with Gasteiger partial charge in [-0.05, 0) is 41.8 Å². The molecule has 0 aliphatic heterocycles. The van der Waals surface area contributed by atoms with E-state index in [1.165, 1.54) is 30.0 Å². The molecular weight excluding hydrogens is 395 g/mol. The average molecular weight is 410 g/mol. The van der Waals surface area contributed by atoms with Crippen molar-refractivity contribution < 1.29 is 14.8 Å². The number of nitrogens with zero attached hydrogens (tertiary/aromatic N) is 1. The molecule has 20 heavy (non-hydrogen) atoms. The van der Waals surface area contributed by atoms with E-state index in [-0.39, 0.29) is 35.1 Å². The Morgan fingerprint density at radius 2 is 2.25 bits per heavy atom. The average Bonchev–Trinajstić information content (AvgIpc) is 2.40. The van der Waals surface area contributed by atoms with Gasteiger partial charge in [-0.15, -0.1) is 0 Å². The summed E-state index contributed by atoms with van der Waals surface area (Å²) in [5.74, 6) is -0.377. The first-order chi connectivity index (χ1) is 9.40. The van der Waals surface area contributed by atoms with Gasteiger partial charge in [0.05, 0.1) is 17.1 Å². The highest BCUT2D eigenvalue weighted by atomic mass is 127. The molecule has 0 saturated carbocycles. The first-order valence-electron chi connectivity index (χ1n) is 5.79. The van der Waals surface area contributed by atoms with Crippen molar-refractivity contribution in [1.29, 1.82) is 0 Å². The number of nitro groups is 1. The number of hydrogen-bond acceptors (Lipinski definition) is 5. The quantitative estimate of drug-likeness (QED) is 0.426. The molecule has 2 atom stereocenters. The van der Waals surface area contributed by atoms with Crippen molar-refractivity contribution in [3.05, 3.63) is 37.4 Å². The molecule has 0 spiro atoms. The monoisotopic (exact) mass is 410 g/mol. The molecular formula is C12H15IN2O4S. The number of benzene rings is 1. The van der Waals surface area contributed by atoms with Gasteiger partial charge in [0, 0.05) is 27.0 Å². The van der Waals surface area contributed by atoms with Crippen molar-refractivity contribution in [2.45, 2.75) is 18.2 Å². The number of nitro benzene ring substituents is 1. The summed E-state index contributed by atoms with van der Waals surface area (Å²) in [5, 5.41) is 22.6. The third-order valence-corrected chi connectivity index (χ3v) is 4.91. The zero-order valence-electron chi connectivity index (χ0n) is 11.0. The minimum Gasteiger partial charge on any atom is -0.395 e. The molecule has 0 aromatic heterocycles. The number of rotatable bonds is 6. The van der Waals surface area contributed by atoms with E-state index in [1.807, 2.05) is 28.8 Å². The largest absolute Gasteiger partial charge is 0.395 e. The first-order valence-corrected chi connectivity index (χ1v) is 8.15. The van der Waals surface area contributed by atoms with Gasteiger partial charge in [-0.2, -0.15) is 11.8 Å². The maximum Gasteiger partial charge on any atom is 0.270 e. The van der Waals surface area contributed by atoms with E-state index in [9.17, 15) is 20.0 Å². The van der Waals surface area contributed by atoms with E-state index in [0.29, 0.717) is 3.57 Å². The zero-order chi connectivity index (χ0) is 15.3. The number of thioether (sulfide) groups is 1. The number of carbonyl (C=O) groups is 1. The summed E-state index contributed by atoms with van der Waals surface area (Å²) in [5.41, 5.74) is 0.149. The van der Waals surface area contributed by atoms with Gasteiger partial charge in [-0.25, -0.2) is 0 Å². The normalized spacial score (nSPS) is 13.6. The maximum atomic E-state index is 12.2. The van der Waals surface area contributed by atoms with Crippen LogP contribution in [0.5, 0.6) is 0 Å². The zero-order valence-corrected chi connectivity index (χ0v) is 14.0. The van der Waals surface area contributed by atoms with Crippen molar-refractivity contribution in [2.24, 2.45) is 0 Å². The van der Waals surface area contributed by atoms with Gasteiger partial charge in [0.15, 0.2) is 0 Å². The van der Waals surface area contributed by atoms with Crippen molar-refractivity contribution in [3.63, 3.8) is 0 Å². The lowest BCUT2D eigenvalue weighted by molar-refractivity contribution is -0.384. The van der Waals surface area contributed by atoms with Crippen molar-refractivity contribution in [2.75, 3.05) is 12.9 Å². The topological polar surface area (TPSA) is 92.5 Å². The smallest absolute Gasteiger partial charge is 0.270 e. The van der Waals surface area contributed by atoms with E-state index < -0.39 is 4.92 Å². The minimum absolute atomic E-state index is 0.0470. The molecule has 1 rings (SSSR count). The third kappa shape index (κ3) is 4.32. The molecule has 0 radical (unpaired) electrons. The molecule has 6 nitrogen and oxygen atoms in total. The number of non-ortho nitro benzene ring substituents is 1. The molecule has 1 aromatic rings. The molecule has 0 fully saturated rings. The number of halogens is 1. The second-order valence-electron chi connectivity index (χ2n) is 4.14. The van der Waals surface area contributed by atoms with Gasteiger partial charge in [0.1, 0.15) is 0 Å². The fraction of sp³-hybridized carbons (Fsp3) is 0.417. The molecule has 0 saturated heterocycles. The Morgan fingerprint density at radius 1 is 1.60 bits per heavy atom. The predicted octanol–water partition coefficient (Wildman–Crippen LogP) is 2.04. The van der Waals surface area contributed by atoms with E-state index in [0.717, 1.165) is 0 Å². The fourth-order valence-corrected chi connectivity index (χ4v) is 2.82. The fourth-order valence-electron chi connectivity index (χ4n) is 1.62. The van der Waals surface area contributed by atoms with Crippen LogP contribution in [0.1, 0.15) is 17.3 Å². The number of amides is 1. The van der Waals surface area contributed by atoms with E-state index in [4.69, 9.17) is 0 Å². The van der Waals surface area contributed by atoms with Gasteiger partial charge >= 0.3 is 0 Å². The molecule has 0 aliphatic carbocycles. The number of carbonyl (C=O) groups excluding carboxylic acids is 1. The first kappa shape index (κ1) is 17.2. The van der Waals surface area contributed by atoms with E-state index >= 15 is 0 Å². The lowest BCUT2D eigenvalue weighted by Gasteiger charge is -2.21. The van der Waals surface area contributed by atoms with Crippen LogP contribution in [-0.4, -0.2) is 40.1 Å². The van der Waals surface area contributed by atoms with Crippen LogP contribution in [0.15, 0.2) is 18.2 Å². The number of aliphatic hydroxyl groups is 1. The summed E-state index contributed by atoms with van der Waals surface area (Å²) in [4.78, 5) is 22.4. The van der Waals surface area contributed by atoms with Crippen LogP contribution in [-0.2, 0) is 0 Å². The maximum absolute atomic E-state index is 12.2. The summed E-state index contributed by atoms with van der Waals surface area (Å²) >= 11 is 3.41. The second kappa shape index (κ2) is 7.79. The highest BCUT2D eigenvalue weighted by molar-refractivity contribution is 14.1. The van der Waals surface area contributed by atoms with Crippen LogP contribution in [0.4, 0.5) is 5.69 Å². The van der Waals surface area contributed by atoms with Gasteiger partial charge in [0.25, 0.3) is 11.6 Å². The highest BCUT2D eigenvalue weighted by Crippen LogP contribution is 2.20. The molecule has 1 amide bonds. The number of nitrogens with one attached hydrogen (secondary N) is 1. The van der Waals surface area contributed by atoms with Gasteiger partial charge in [-0.1, -0.05) is 0 Å². The summed E-state index contributed by atoms with van der Waals surface area (Å²) in [6.45, 7) is 1.74. The standard InChI is InChI=1S/C12H15IN2O4S/c1-7(11(6-16)20-2)14-12(17)9-5-8(15(18)19)3-4-10(9)13/h3-5,7,11,16H,6H2,1-2H3,(H,14,17). The van der Waals surface area contributed by atoms with E-state index in [1.54, 1.807) is 6.92 Å². The summed E-state index contributed by atoms with van der Waals surface area (Å²) in [6, 6.07) is 3.92. The minimum atomic E-state index is -0.533. The molecule has 8 heteroatoms. The highest BCUT2D eigenvalue weighted by Gasteiger charge is 2.21. The third-order valence-electron chi connectivity index (χ3n) is 2.80. The molecule has 1 aromatic carbocycles. The molecule has 110 valence electrons. The predicted molar refractivity (Wildman–Crippen MR) is 87.1 cm³/mol. The van der Waals surface area contributed by atoms with Crippen LogP contribution in [0.25, 0.3) is 0 Å². The molecule has 0 heterocycles. The summed E-state index contributed by atoms with van der Waals surface area (Å²) in [6.07, 6.45) is 1.85. The Labute approximate surface area is 134 Å². The Balaban J connectivity index is 2.92.